The molecule has 2 amide bonds. The highest BCUT2D eigenvalue weighted by Gasteiger charge is 2.22. The van der Waals surface area contributed by atoms with E-state index in [4.69, 9.17) is 0 Å². The van der Waals surface area contributed by atoms with E-state index < -0.39 is 17.4 Å². The van der Waals surface area contributed by atoms with Crippen LogP contribution in [0.25, 0.3) is 0 Å². The molecule has 6 heteroatoms. The van der Waals surface area contributed by atoms with Crippen LogP contribution in [-0.4, -0.2) is 41.1 Å². The molecule has 0 saturated carbocycles. The van der Waals surface area contributed by atoms with Crippen LogP contribution in [0.5, 0.6) is 0 Å². The van der Waals surface area contributed by atoms with E-state index in [2.05, 4.69) is 10.6 Å². The molecular weight excluding hydrogens is 288 g/mol. The minimum absolute atomic E-state index is 0.0347. The maximum absolute atomic E-state index is 11.8. The van der Waals surface area contributed by atoms with Gasteiger partial charge in [-0.25, -0.2) is 0 Å². The number of hydrogen-bond acceptors (Lipinski definition) is 4. The molecule has 0 radical (unpaired) electrons. The van der Waals surface area contributed by atoms with Crippen LogP contribution in [0.4, 0.5) is 5.69 Å². The number of benzene rings is 1. The molecule has 0 saturated heterocycles. The maximum atomic E-state index is 11.8. The first kappa shape index (κ1) is 17.5. The lowest BCUT2D eigenvalue weighted by molar-refractivity contribution is -0.136. The van der Waals surface area contributed by atoms with Gasteiger partial charge in [0.15, 0.2) is 0 Å². The molecule has 1 unspecified atom stereocenters. The molecule has 3 N–H and O–H groups in total. The minimum Gasteiger partial charge on any atom is -0.387 e. The highest BCUT2D eigenvalue weighted by Crippen LogP contribution is 2.13. The van der Waals surface area contributed by atoms with Gasteiger partial charge in [0, 0.05) is 18.0 Å². The molecule has 0 bridgehead atoms. The zero-order valence-electron chi connectivity index (χ0n) is 12.8. The second-order valence-electron chi connectivity index (χ2n) is 5.44. The third kappa shape index (κ3) is 6.18. The molecule has 0 spiro atoms. The molecule has 0 aliphatic rings. The number of amides is 2. The summed E-state index contributed by atoms with van der Waals surface area (Å²) in [5.74, 6) is -1.01. The average molecular weight is 310 g/mol. The van der Waals surface area contributed by atoms with Gasteiger partial charge in [0.2, 0.25) is 0 Å². The lowest BCUT2D eigenvalue weighted by Gasteiger charge is -2.22. The first-order valence-electron chi connectivity index (χ1n) is 6.62. The van der Waals surface area contributed by atoms with Gasteiger partial charge in [-0.3, -0.25) is 9.59 Å². The molecule has 1 rings (SSSR count). The Hall–Kier alpha value is -1.53. The van der Waals surface area contributed by atoms with Crippen molar-refractivity contribution in [3.05, 3.63) is 29.3 Å². The van der Waals surface area contributed by atoms with Crippen molar-refractivity contribution in [1.82, 2.24) is 5.32 Å². The smallest absolute Gasteiger partial charge is 0.313 e. The third-order valence-corrected chi connectivity index (χ3v) is 3.68. The fourth-order valence-electron chi connectivity index (χ4n) is 1.95. The van der Waals surface area contributed by atoms with E-state index >= 15 is 0 Å². The molecule has 0 heterocycles. The first-order chi connectivity index (χ1) is 9.73. The van der Waals surface area contributed by atoms with Crippen molar-refractivity contribution >= 4 is 29.3 Å². The standard InChI is InChI=1S/C15H22N2O3S/c1-10-5-11(2)7-12(6-10)17-14(19)13(18)16-8-15(3,20)9-21-4/h5-7,20H,8-9H2,1-4H3,(H,16,18)(H,17,19). The van der Waals surface area contributed by atoms with E-state index in [1.807, 2.05) is 26.2 Å². The number of thioether (sulfide) groups is 1. The Morgan fingerprint density at radius 2 is 1.76 bits per heavy atom. The Morgan fingerprint density at radius 3 is 2.29 bits per heavy atom. The Kier molecular flexibility index (Phi) is 6.23. The Balaban J connectivity index is 2.57. The SMILES string of the molecule is CSCC(C)(O)CNC(=O)C(=O)Nc1cc(C)cc(C)c1. The summed E-state index contributed by atoms with van der Waals surface area (Å²) in [6, 6.07) is 5.57. The highest BCUT2D eigenvalue weighted by atomic mass is 32.2. The van der Waals surface area contributed by atoms with Crippen LogP contribution >= 0.6 is 11.8 Å². The number of aryl methyl sites for hydroxylation is 2. The van der Waals surface area contributed by atoms with Gasteiger partial charge in [0.1, 0.15) is 0 Å². The molecule has 21 heavy (non-hydrogen) atoms. The van der Waals surface area contributed by atoms with Crippen molar-refractivity contribution in [2.45, 2.75) is 26.4 Å². The van der Waals surface area contributed by atoms with Crippen LogP contribution in [0.2, 0.25) is 0 Å². The van der Waals surface area contributed by atoms with Gasteiger partial charge in [-0.05, 0) is 50.3 Å². The number of aliphatic hydroxyl groups is 1. The molecule has 0 fully saturated rings. The summed E-state index contributed by atoms with van der Waals surface area (Å²) in [6.07, 6.45) is 1.86. The van der Waals surface area contributed by atoms with Crippen LogP contribution in [-0.2, 0) is 9.59 Å². The highest BCUT2D eigenvalue weighted by molar-refractivity contribution is 7.98. The predicted octanol–water partition coefficient (Wildman–Crippen LogP) is 1.47. The van der Waals surface area contributed by atoms with Crippen molar-refractivity contribution in [2.75, 3.05) is 23.9 Å². The van der Waals surface area contributed by atoms with Crippen molar-refractivity contribution in [1.29, 1.82) is 0 Å². The van der Waals surface area contributed by atoms with Crippen LogP contribution in [0.1, 0.15) is 18.1 Å². The number of hydrogen-bond donors (Lipinski definition) is 3. The van der Waals surface area contributed by atoms with E-state index in [0.717, 1.165) is 11.1 Å². The van der Waals surface area contributed by atoms with Crippen LogP contribution in [0.15, 0.2) is 18.2 Å². The molecular formula is C15H22N2O3S. The van der Waals surface area contributed by atoms with Crippen molar-refractivity contribution in [3.63, 3.8) is 0 Å². The first-order valence-corrected chi connectivity index (χ1v) is 8.02. The second kappa shape index (κ2) is 7.47. The predicted molar refractivity (Wildman–Crippen MR) is 86.6 cm³/mol. The summed E-state index contributed by atoms with van der Waals surface area (Å²) in [7, 11) is 0. The van der Waals surface area contributed by atoms with Crippen molar-refractivity contribution < 1.29 is 14.7 Å². The maximum Gasteiger partial charge on any atom is 0.313 e. The van der Waals surface area contributed by atoms with E-state index in [1.165, 1.54) is 11.8 Å². The number of nitrogens with one attached hydrogen (secondary N) is 2. The summed E-state index contributed by atoms with van der Waals surface area (Å²) in [4.78, 5) is 23.5. The van der Waals surface area contributed by atoms with Crippen molar-refractivity contribution in [2.24, 2.45) is 0 Å². The van der Waals surface area contributed by atoms with Gasteiger partial charge in [-0.1, -0.05) is 6.07 Å². The van der Waals surface area contributed by atoms with Crippen LogP contribution in [0.3, 0.4) is 0 Å². The average Bonchev–Trinajstić information content (AvgIpc) is 2.34. The molecule has 1 atom stereocenters. The molecule has 0 aromatic heterocycles. The third-order valence-electron chi connectivity index (χ3n) is 2.77. The van der Waals surface area contributed by atoms with E-state index in [0.29, 0.717) is 11.4 Å². The fraction of sp³-hybridized carbons (Fsp3) is 0.467. The number of rotatable bonds is 5. The molecule has 0 aliphatic heterocycles. The normalized spacial score (nSPS) is 13.4. The lowest BCUT2D eigenvalue weighted by Crippen LogP contribution is -2.45. The molecule has 116 valence electrons. The summed E-state index contributed by atoms with van der Waals surface area (Å²) >= 11 is 1.47. The summed E-state index contributed by atoms with van der Waals surface area (Å²) in [6.45, 7) is 5.49. The summed E-state index contributed by atoms with van der Waals surface area (Å²) < 4.78 is 0. The summed E-state index contributed by atoms with van der Waals surface area (Å²) in [5, 5.41) is 14.9. The molecule has 0 aliphatic carbocycles. The van der Waals surface area contributed by atoms with E-state index in [9.17, 15) is 14.7 Å². The Labute approximate surface area is 129 Å². The zero-order valence-corrected chi connectivity index (χ0v) is 13.6. The van der Waals surface area contributed by atoms with E-state index in [1.54, 1.807) is 19.1 Å². The largest absolute Gasteiger partial charge is 0.387 e. The second-order valence-corrected chi connectivity index (χ2v) is 6.31. The Bertz CT molecular complexity index is 509. The van der Waals surface area contributed by atoms with Crippen LogP contribution in [0, 0.1) is 13.8 Å². The van der Waals surface area contributed by atoms with Gasteiger partial charge in [-0.2, -0.15) is 11.8 Å². The lowest BCUT2D eigenvalue weighted by atomic mass is 10.1. The van der Waals surface area contributed by atoms with E-state index in [-0.39, 0.29) is 6.54 Å². The number of carbonyl (C=O) groups excluding carboxylic acids is 2. The van der Waals surface area contributed by atoms with Crippen LogP contribution < -0.4 is 10.6 Å². The number of carbonyl (C=O) groups is 2. The van der Waals surface area contributed by atoms with Gasteiger partial charge in [-0.15, -0.1) is 0 Å². The van der Waals surface area contributed by atoms with Gasteiger partial charge < -0.3 is 15.7 Å². The molecule has 1 aromatic carbocycles. The zero-order chi connectivity index (χ0) is 16.0. The minimum atomic E-state index is -1.03. The molecule has 1 aromatic rings. The Morgan fingerprint density at radius 1 is 1.19 bits per heavy atom. The topological polar surface area (TPSA) is 78.4 Å². The van der Waals surface area contributed by atoms with Gasteiger partial charge in [0.05, 0.1) is 5.60 Å². The quantitative estimate of drug-likeness (QED) is 0.720. The fourth-order valence-corrected chi connectivity index (χ4v) is 2.67. The van der Waals surface area contributed by atoms with Gasteiger partial charge >= 0.3 is 11.8 Å². The monoisotopic (exact) mass is 310 g/mol. The summed E-state index contributed by atoms with van der Waals surface area (Å²) in [5.41, 5.74) is 1.57. The van der Waals surface area contributed by atoms with Gasteiger partial charge in [0.25, 0.3) is 0 Å². The molecule has 5 nitrogen and oxygen atoms in total. The van der Waals surface area contributed by atoms with Crippen molar-refractivity contribution in [3.8, 4) is 0 Å². The number of anilines is 1.